The van der Waals surface area contributed by atoms with Crippen molar-refractivity contribution in [3.63, 3.8) is 0 Å². The number of unbranched alkanes of at least 4 members (excludes halogenated alkanes) is 9. The number of rotatable bonds is 18. The first kappa shape index (κ1) is 26.2. The van der Waals surface area contributed by atoms with Gasteiger partial charge in [-0.3, -0.25) is 9.59 Å². The van der Waals surface area contributed by atoms with Gasteiger partial charge in [0.1, 0.15) is 6.04 Å². The number of carboxylic acid groups (broad SMARTS) is 1. The Labute approximate surface area is 182 Å². The van der Waals surface area contributed by atoms with Crippen LogP contribution in [0, 0.1) is 6.92 Å². The molecular formula is C25H41NO4. The predicted molar refractivity (Wildman–Crippen MR) is 122 cm³/mol. The maximum Gasteiger partial charge on any atom is 0.321 e. The molecule has 0 aliphatic carbocycles. The molecule has 0 aromatic heterocycles. The number of ether oxygens (including phenoxy) is 1. The molecule has 0 amide bonds. The van der Waals surface area contributed by atoms with E-state index in [1.807, 2.05) is 31.2 Å². The van der Waals surface area contributed by atoms with Crippen LogP contribution in [0.2, 0.25) is 0 Å². The van der Waals surface area contributed by atoms with Gasteiger partial charge >= 0.3 is 11.9 Å². The summed E-state index contributed by atoms with van der Waals surface area (Å²) in [7, 11) is 0. The lowest BCUT2D eigenvalue weighted by molar-refractivity contribution is -0.144. The van der Waals surface area contributed by atoms with E-state index in [1.165, 1.54) is 51.4 Å². The summed E-state index contributed by atoms with van der Waals surface area (Å²) in [5.41, 5.74) is 2.10. The molecule has 0 saturated carbocycles. The molecule has 0 radical (unpaired) electrons. The van der Waals surface area contributed by atoms with E-state index < -0.39 is 12.0 Å². The van der Waals surface area contributed by atoms with Crippen LogP contribution < -0.4 is 5.32 Å². The molecule has 2 N–H and O–H groups in total. The van der Waals surface area contributed by atoms with Crippen molar-refractivity contribution in [1.29, 1.82) is 0 Å². The van der Waals surface area contributed by atoms with Gasteiger partial charge in [-0.05, 0) is 25.3 Å². The van der Waals surface area contributed by atoms with Crippen LogP contribution in [0.5, 0.6) is 0 Å². The van der Waals surface area contributed by atoms with Gasteiger partial charge in [-0.25, -0.2) is 0 Å². The molecule has 1 aromatic rings. The van der Waals surface area contributed by atoms with Crippen LogP contribution in [0.4, 0.5) is 0 Å². The van der Waals surface area contributed by atoms with E-state index in [4.69, 9.17) is 4.74 Å². The lowest BCUT2D eigenvalue weighted by Crippen LogP contribution is -2.39. The zero-order valence-electron chi connectivity index (χ0n) is 19.0. The molecule has 0 bridgehead atoms. The molecule has 0 heterocycles. The van der Waals surface area contributed by atoms with Gasteiger partial charge in [-0.15, -0.1) is 0 Å². The molecule has 30 heavy (non-hydrogen) atoms. The van der Waals surface area contributed by atoms with Crippen LogP contribution in [0.1, 0.15) is 88.7 Å². The Kier molecular flexibility index (Phi) is 14.7. The second-order valence-corrected chi connectivity index (χ2v) is 8.19. The summed E-state index contributed by atoms with van der Waals surface area (Å²) in [5, 5.41) is 12.3. The Morgan fingerprint density at radius 3 is 2.07 bits per heavy atom. The third-order valence-electron chi connectivity index (χ3n) is 5.34. The second kappa shape index (κ2) is 16.9. The number of carbonyl (C=O) groups is 2. The maximum absolute atomic E-state index is 11.8. The van der Waals surface area contributed by atoms with E-state index in [1.54, 1.807) is 0 Å². The molecule has 5 nitrogen and oxygen atoms in total. The van der Waals surface area contributed by atoms with Crippen molar-refractivity contribution in [3.05, 3.63) is 35.4 Å². The van der Waals surface area contributed by atoms with Crippen molar-refractivity contribution in [1.82, 2.24) is 5.32 Å². The Balaban J connectivity index is 2.04. The zero-order chi connectivity index (χ0) is 22.0. The largest absolute Gasteiger partial charge is 0.480 e. The minimum atomic E-state index is -0.908. The van der Waals surface area contributed by atoms with E-state index >= 15 is 0 Å². The number of nitrogens with one attached hydrogen (secondary N) is 1. The minimum absolute atomic E-state index is 0.190. The Morgan fingerprint density at radius 1 is 0.933 bits per heavy atom. The highest BCUT2D eigenvalue weighted by atomic mass is 16.5. The van der Waals surface area contributed by atoms with Gasteiger partial charge in [0.25, 0.3) is 0 Å². The van der Waals surface area contributed by atoms with E-state index in [9.17, 15) is 14.7 Å². The molecule has 1 aromatic carbocycles. The summed E-state index contributed by atoms with van der Waals surface area (Å²) in [4.78, 5) is 23.3. The number of carbonyl (C=O) groups excluding carboxylic acids is 1. The first-order valence-electron chi connectivity index (χ1n) is 11.7. The minimum Gasteiger partial charge on any atom is -0.480 e. The summed E-state index contributed by atoms with van der Waals surface area (Å²) >= 11 is 0. The average molecular weight is 420 g/mol. The average Bonchev–Trinajstić information content (AvgIpc) is 2.72. The first-order chi connectivity index (χ1) is 14.5. The van der Waals surface area contributed by atoms with Gasteiger partial charge in [0.2, 0.25) is 0 Å². The number of benzene rings is 1. The maximum atomic E-state index is 11.8. The van der Waals surface area contributed by atoms with Gasteiger partial charge in [0, 0.05) is 6.54 Å². The number of hydrogen-bond donors (Lipinski definition) is 2. The molecule has 1 unspecified atom stereocenters. The van der Waals surface area contributed by atoms with Crippen LogP contribution >= 0.6 is 0 Å². The van der Waals surface area contributed by atoms with Crippen LogP contribution in [0.3, 0.4) is 0 Å². The van der Waals surface area contributed by atoms with E-state index in [0.717, 1.165) is 24.0 Å². The van der Waals surface area contributed by atoms with Gasteiger partial charge in [-0.2, -0.15) is 0 Å². The fourth-order valence-electron chi connectivity index (χ4n) is 3.40. The summed E-state index contributed by atoms with van der Waals surface area (Å²) in [6, 6.07) is 7.11. The predicted octanol–water partition coefficient (Wildman–Crippen LogP) is 5.43. The number of aryl methyl sites for hydroxylation is 1. The molecule has 0 aliphatic rings. The number of esters is 1. The van der Waals surface area contributed by atoms with Gasteiger partial charge < -0.3 is 15.2 Å². The highest BCUT2D eigenvalue weighted by Crippen LogP contribution is 2.10. The summed E-state index contributed by atoms with van der Waals surface area (Å²) < 4.78 is 5.26. The lowest BCUT2D eigenvalue weighted by atomic mass is 10.0. The molecule has 5 heteroatoms. The van der Waals surface area contributed by atoms with Crippen molar-refractivity contribution in [2.75, 3.05) is 13.2 Å². The highest BCUT2D eigenvalue weighted by molar-refractivity contribution is 5.74. The van der Waals surface area contributed by atoms with Gasteiger partial charge in [0.05, 0.1) is 13.0 Å². The van der Waals surface area contributed by atoms with Crippen LogP contribution in [0.25, 0.3) is 0 Å². The van der Waals surface area contributed by atoms with Crippen LogP contribution in [0.15, 0.2) is 24.3 Å². The molecule has 1 atom stereocenters. The molecular weight excluding hydrogens is 378 g/mol. The molecule has 0 saturated heterocycles. The SMILES string of the molecule is CCCCCCCCCCCCOC(=O)CCNC(Cc1ccc(C)cc1)C(=O)O. The van der Waals surface area contributed by atoms with Crippen molar-refractivity contribution in [2.45, 2.75) is 96.9 Å². The lowest BCUT2D eigenvalue weighted by Gasteiger charge is -2.14. The van der Waals surface area contributed by atoms with Crippen LogP contribution in [-0.4, -0.2) is 36.2 Å². The molecule has 170 valence electrons. The van der Waals surface area contributed by atoms with Gasteiger partial charge in [-0.1, -0.05) is 94.5 Å². The van der Waals surface area contributed by atoms with Crippen LogP contribution in [-0.2, 0) is 20.7 Å². The molecule has 0 spiro atoms. The standard InChI is InChI=1S/C25H41NO4/c1-3-4-5-6-7-8-9-10-11-12-19-30-24(27)17-18-26-23(25(28)29)20-22-15-13-21(2)14-16-22/h13-16,23,26H,3-12,17-20H2,1-2H3,(H,28,29). The monoisotopic (exact) mass is 419 g/mol. The Morgan fingerprint density at radius 2 is 1.50 bits per heavy atom. The fraction of sp³-hybridized carbons (Fsp3) is 0.680. The summed E-state index contributed by atoms with van der Waals surface area (Å²) in [6.07, 6.45) is 13.1. The summed E-state index contributed by atoms with van der Waals surface area (Å²) in [5.74, 6) is -1.17. The topological polar surface area (TPSA) is 75.6 Å². The zero-order valence-corrected chi connectivity index (χ0v) is 19.0. The van der Waals surface area contributed by atoms with Crippen molar-refractivity contribution in [3.8, 4) is 0 Å². The summed E-state index contributed by atoms with van der Waals surface area (Å²) in [6.45, 7) is 5.00. The Bertz CT molecular complexity index is 585. The Hall–Kier alpha value is -1.88. The van der Waals surface area contributed by atoms with E-state index in [0.29, 0.717) is 19.6 Å². The van der Waals surface area contributed by atoms with E-state index in [2.05, 4.69) is 12.2 Å². The third-order valence-corrected chi connectivity index (χ3v) is 5.34. The van der Waals surface area contributed by atoms with E-state index in [-0.39, 0.29) is 12.4 Å². The van der Waals surface area contributed by atoms with Crippen molar-refractivity contribution >= 4 is 11.9 Å². The number of carboxylic acids is 1. The van der Waals surface area contributed by atoms with Crippen molar-refractivity contribution in [2.24, 2.45) is 0 Å². The molecule has 0 fully saturated rings. The smallest absolute Gasteiger partial charge is 0.321 e. The van der Waals surface area contributed by atoms with Gasteiger partial charge in [0.15, 0.2) is 0 Å². The molecule has 1 rings (SSSR count). The first-order valence-corrected chi connectivity index (χ1v) is 11.7. The number of hydrogen-bond acceptors (Lipinski definition) is 4. The normalized spacial score (nSPS) is 11.9. The quantitative estimate of drug-likeness (QED) is 0.245. The highest BCUT2D eigenvalue weighted by Gasteiger charge is 2.17. The fourth-order valence-corrected chi connectivity index (χ4v) is 3.40. The second-order valence-electron chi connectivity index (χ2n) is 8.19. The molecule has 0 aliphatic heterocycles. The third kappa shape index (κ3) is 13.4. The number of aliphatic carboxylic acids is 1. The van der Waals surface area contributed by atoms with Crippen molar-refractivity contribution < 1.29 is 19.4 Å².